The Kier molecular flexibility index (Phi) is 2.95. The van der Waals surface area contributed by atoms with Gasteiger partial charge in [-0.25, -0.2) is 14.3 Å². The van der Waals surface area contributed by atoms with E-state index >= 15 is 0 Å². The minimum absolute atomic E-state index is 0.0283. The molecule has 0 N–H and O–H groups in total. The van der Waals surface area contributed by atoms with Gasteiger partial charge < -0.3 is 4.74 Å². The molecule has 18 heavy (non-hydrogen) atoms. The van der Waals surface area contributed by atoms with E-state index in [1.807, 2.05) is 11.8 Å². The summed E-state index contributed by atoms with van der Waals surface area (Å²) in [7, 11) is 0. The SMILES string of the molecule is Cc1nn2cccnc2c1C(=O)OC1CCSC1. The Morgan fingerprint density at radius 2 is 2.50 bits per heavy atom. The zero-order valence-electron chi connectivity index (χ0n) is 10.00. The van der Waals surface area contributed by atoms with Crippen LogP contribution in [0.25, 0.3) is 5.65 Å². The summed E-state index contributed by atoms with van der Waals surface area (Å²) in [6.07, 6.45) is 4.39. The molecule has 5 nitrogen and oxygen atoms in total. The first-order valence-electron chi connectivity index (χ1n) is 5.84. The van der Waals surface area contributed by atoms with Crippen LogP contribution in [0, 0.1) is 6.92 Å². The molecule has 0 aromatic carbocycles. The van der Waals surface area contributed by atoms with Crippen molar-refractivity contribution in [3.05, 3.63) is 29.7 Å². The van der Waals surface area contributed by atoms with Crippen molar-refractivity contribution in [3.8, 4) is 0 Å². The van der Waals surface area contributed by atoms with Gasteiger partial charge in [0.15, 0.2) is 5.65 Å². The Labute approximate surface area is 109 Å². The molecule has 2 aromatic rings. The minimum atomic E-state index is -0.311. The van der Waals surface area contributed by atoms with Gasteiger partial charge in [-0.1, -0.05) is 0 Å². The third-order valence-electron chi connectivity index (χ3n) is 2.94. The van der Waals surface area contributed by atoms with E-state index in [4.69, 9.17) is 4.74 Å². The second-order valence-electron chi connectivity index (χ2n) is 4.24. The second-order valence-corrected chi connectivity index (χ2v) is 5.39. The summed E-state index contributed by atoms with van der Waals surface area (Å²) in [6, 6.07) is 1.78. The number of aromatic nitrogens is 3. The van der Waals surface area contributed by atoms with Crippen LogP contribution in [0.4, 0.5) is 0 Å². The highest BCUT2D eigenvalue weighted by molar-refractivity contribution is 7.99. The van der Waals surface area contributed by atoms with Crippen LogP contribution in [0.2, 0.25) is 0 Å². The van der Waals surface area contributed by atoms with E-state index in [-0.39, 0.29) is 12.1 Å². The Morgan fingerprint density at radius 1 is 1.61 bits per heavy atom. The fourth-order valence-corrected chi connectivity index (χ4v) is 3.15. The topological polar surface area (TPSA) is 56.5 Å². The van der Waals surface area contributed by atoms with Gasteiger partial charge in [-0.2, -0.15) is 16.9 Å². The molecule has 0 amide bonds. The Bertz CT molecular complexity index is 590. The molecule has 0 radical (unpaired) electrons. The summed E-state index contributed by atoms with van der Waals surface area (Å²) >= 11 is 1.82. The molecule has 3 rings (SSSR count). The number of ether oxygens (including phenoxy) is 1. The predicted octanol–water partition coefficient (Wildman–Crippen LogP) is 1.70. The molecule has 2 aromatic heterocycles. The highest BCUT2D eigenvalue weighted by atomic mass is 32.2. The van der Waals surface area contributed by atoms with Crippen molar-refractivity contribution in [2.45, 2.75) is 19.4 Å². The number of carbonyl (C=O) groups is 1. The third kappa shape index (κ3) is 1.96. The second kappa shape index (κ2) is 4.61. The third-order valence-corrected chi connectivity index (χ3v) is 4.07. The van der Waals surface area contributed by atoms with Crippen molar-refractivity contribution < 1.29 is 9.53 Å². The van der Waals surface area contributed by atoms with Gasteiger partial charge >= 0.3 is 5.97 Å². The molecule has 0 spiro atoms. The molecular formula is C12H13N3O2S. The van der Waals surface area contributed by atoms with E-state index < -0.39 is 0 Å². The zero-order chi connectivity index (χ0) is 12.5. The number of thioether (sulfide) groups is 1. The maximum Gasteiger partial charge on any atom is 0.344 e. The Hall–Kier alpha value is -1.56. The van der Waals surface area contributed by atoms with Crippen LogP contribution in [0.3, 0.4) is 0 Å². The lowest BCUT2D eigenvalue weighted by atomic mass is 10.2. The number of esters is 1. The number of rotatable bonds is 2. The summed E-state index contributed by atoms with van der Waals surface area (Å²) in [4.78, 5) is 16.4. The van der Waals surface area contributed by atoms with Gasteiger partial charge in [0.2, 0.25) is 0 Å². The average molecular weight is 263 g/mol. The van der Waals surface area contributed by atoms with Crippen LogP contribution in [0.5, 0.6) is 0 Å². The summed E-state index contributed by atoms with van der Waals surface area (Å²) in [5.41, 5.74) is 1.70. The molecule has 1 aliphatic rings. The van der Waals surface area contributed by atoms with E-state index in [1.165, 1.54) is 0 Å². The monoisotopic (exact) mass is 263 g/mol. The molecule has 94 valence electrons. The maximum atomic E-state index is 12.2. The summed E-state index contributed by atoms with van der Waals surface area (Å²) in [5, 5.41) is 4.26. The molecule has 1 atom stereocenters. The van der Waals surface area contributed by atoms with Crippen molar-refractivity contribution in [3.63, 3.8) is 0 Å². The van der Waals surface area contributed by atoms with Gasteiger partial charge in [0, 0.05) is 18.1 Å². The van der Waals surface area contributed by atoms with Crippen molar-refractivity contribution in [1.29, 1.82) is 0 Å². The molecule has 1 fully saturated rings. The predicted molar refractivity (Wildman–Crippen MR) is 68.9 cm³/mol. The first kappa shape index (κ1) is 11.5. The lowest BCUT2D eigenvalue weighted by Gasteiger charge is -2.09. The molecule has 1 saturated heterocycles. The first-order chi connectivity index (χ1) is 8.75. The van der Waals surface area contributed by atoms with E-state index in [0.717, 1.165) is 17.9 Å². The number of fused-ring (bicyclic) bond motifs is 1. The van der Waals surface area contributed by atoms with Crippen LogP contribution in [-0.4, -0.2) is 38.2 Å². The van der Waals surface area contributed by atoms with Crippen LogP contribution >= 0.6 is 11.8 Å². The smallest absolute Gasteiger partial charge is 0.344 e. The fraction of sp³-hybridized carbons (Fsp3) is 0.417. The van der Waals surface area contributed by atoms with E-state index in [1.54, 1.807) is 29.9 Å². The summed E-state index contributed by atoms with van der Waals surface area (Å²) in [5.74, 6) is 1.63. The van der Waals surface area contributed by atoms with Gasteiger partial charge in [0.1, 0.15) is 11.7 Å². The summed E-state index contributed by atoms with van der Waals surface area (Å²) < 4.78 is 7.10. The van der Waals surface area contributed by atoms with Crippen molar-refractivity contribution in [2.24, 2.45) is 0 Å². The molecule has 0 saturated carbocycles. The lowest BCUT2D eigenvalue weighted by Crippen LogP contribution is -2.18. The fourth-order valence-electron chi connectivity index (χ4n) is 2.05. The van der Waals surface area contributed by atoms with Gasteiger partial charge in [-0.3, -0.25) is 0 Å². The van der Waals surface area contributed by atoms with Crippen LogP contribution in [0.15, 0.2) is 18.5 Å². The normalized spacial score (nSPS) is 19.3. The van der Waals surface area contributed by atoms with Crippen LogP contribution in [-0.2, 0) is 4.74 Å². The molecule has 6 heteroatoms. The quantitative estimate of drug-likeness (QED) is 0.772. The maximum absolute atomic E-state index is 12.2. The molecular weight excluding hydrogens is 250 g/mol. The number of carbonyl (C=O) groups excluding carboxylic acids is 1. The Balaban J connectivity index is 1.92. The number of aryl methyl sites for hydroxylation is 1. The van der Waals surface area contributed by atoms with Crippen molar-refractivity contribution in [1.82, 2.24) is 14.6 Å². The van der Waals surface area contributed by atoms with Crippen molar-refractivity contribution in [2.75, 3.05) is 11.5 Å². The largest absolute Gasteiger partial charge is 0.458 e. The average Bonchev–Trinajstić information content (AvgIpc) is 2.94. The number of hydrogen-bond acceptors (Lipinski definition) is 5. The van der Waals surface area contributed by atoms with Crippen molar-refractivity contribution >= 4 is 23.4 Å². The van der Waals surface area contributed by atoms with Crippen LogP contribution < -0.4 is 0 Å². The molecule has 1 aliphatic heterocycles. The highest BCUT2D eigenvalue weighted by Gasteiger charge is 2.25. The minimum Gasteiger partial charge on any atom is -0.458 e. The molecule has 0 aliphatic carbocycles. The summed E-state index contributed by atoms with van der Waals surface area (Å²) in [6.45, 7) is 1.80. The van der Waals surface area contributed by atoms with E-state index in [9.17, 15) is 4.79 Å². The zero-order valence-corrected chi connectivity index (χ0v) is 10.8. The molecule has 1 unspecified atom stereocenters. The van der Waals surface area contributed by atoms with Gasteiger partial charge in [0.25, 0.3) is 0 Å². The highest BCUT2D eigenvalue weighted by Crippen LogP contribution is 2.22. The van der Waals surface area contributed by atoms with E-state index in [0.29, 0.717) is 16.9 Å². The number of nitrogens with zero attached hydrogens (tertiary/aromatic N) is 3. The first-order valence-corrected chi connectivity index (χ1v) is 7.00. The standard InChI is InChI=1S/C12H13N3O2S/c1-8-10(11-13-4-2-5-15(11)14-8)12(16)17-9-3-6-18-7-9/h2,4-5,9H,3,6-7H2,1H3. The van der Waals surface area contributed by atoms with Gasteiger partial charge in [0.05, 0.1) is 5.69 Å². The van der Waals surface area contributed by atoms with Gasteiger partial charge in [-0.15, -0.1) is 0 Å². The van der Waals surface area contributed by atoms with Crippen LogP contribution in [0.1, 0.15) is 22.5 Å². The molecule has 0 bridgehead atoms. The van der Waals surface area contributed by atoms with Gasteiger partial charge in [-0.05, 0) is 25.2 Å². The molecule has 3 heterocycles. The van der Waals surface area contributed by atoms with E-state index in [2.05, 4.69) is 10.1 Å². The number of hydrogen-bond donors (Lipinski definition) is 0. The Morgan fingerprint density at radius 3 is 3.28 bits per heavy atom. The lowest BCUT2D eigenvalue weighted by molar-refractivity contribution is 0.0358.